The zero-order chi connectivity index (χ0) is 17.0. The van der Waals surface area contributed by atoms with E-state index >= 15 is 0 Å². The van der Waals surface area contributed by atoms with Gasteiger partial charge in [0.15, 0.2) is 0 Å². The van der Waals surface area contributed by atoms with Crippen LogP contribution in [0, 0.1) is 5.82 Å². The third-order valence-electron chi connectivity index (χ3n) is 5.35. The Morgan fingerprint density at radius 1 is 1.25 bits per heavy atom. The van der Waals surface area contributed by atoms with Crippen molar-refractivity contribution in [2.45, 2.75) is 69.7 Å². The highest BCUT2D eigenvalue weighted by Crippen LogP contribution is 2.35. The van der Waals surface area contributed by atoms with Gasteiger partial charge in [0, 0.05) is 29.5 Å². The van der Waals surface area contributed by atoms with E-state index in [1.54, 1.807) is 0 Å². The number of hydrogen-bond donors (Lipinski definition) is 1. The number of aromatic nitrogens is 2. The third kappa shape index (κ3) is 3.86. The molecule has 0 saturated heterocycles. The second kappa shape index (κ2) is 7.47. The van der Waals surface area contributed by atoms with E-state index in [0.717, 1.165) is 43.6 Å². The Morgan fingerprint density at radius 3 is 2.62 bits per heavy atom. The topological polar surface area (TPSA) is 43.8 Å². The standard InChI is InChI=1S/C20H28FN3/c1-2-5-16(6-3-11-20(22)12-4-13-20)19-23-14-15-24(19)18-9-7-17(21)8-10-18/h7-10,14-16H,2-6,11-13,22H2,1H3. The summed E-state index contributed by atoms with van der Waals surface area (Å²) in [4.78, 5) is 4.62. The SMILES string of the molecule is CCCC(CCCC1(N)CCC1)c1nccn1-c1ccc(F)cc1. The summed E-state index contributed by atoms with van der Waals surface area (Å²) >= 11 is 0. The second-order valence-electron chi connectivity index (χ2n) is 7.23. The number of hydrogen-bond acceptors (Lipinski definition) is 2. The summed E-state index contributed by atoms with van der Waals surface area (Å²) in [6.45, 7) is 2.22. The molecule has 1 heterocycles. The van der Waals surface area contributed by atoms with E-state index in [1.807, 2.05) is 24.5 Å². The largest absolute Gasteiger partial charge is 0.325 e. The van der Waals surface area contributed by atoms with Gasteiger partial charge in [-0.2, -0.15) is 0 Å². The molecule has 3 rings (SSSR count). The minimum absolute atomic E-state index is 0.100. The fourth-order valence-corrected chi connectivity index (χ4v) is 3.77. The van der Waals surface area contributed by atoms with Crippen LogP contribution < -0.4 is 5.73 Å². The molecule has 4 heteroatoms. The molecule has 24 heavy (non-hydrogen) atoms. The molecule has 2 N–H and O–H groups in total. The van der Waals surface area contributed by atoms with Gasteiger partial charge < -0.3 is 10.3 Å². The van der Waals surface area contributed by atoms with E-state index in [4.69, 9.17) is 5.73 Å². The number of halogens is 1. The van der Waals surface area contributed by atoms with Gasteiger partial charge in [-0.25, -0.2) is 9.37 Å². The maximum absolute atomic E-state index is 13.2. The van der Waals surface area contributed by atoms with Gasteiger partial charge in [0.2, 0.25) is 0 Å². The van der Waals surface area contributed by atoms with Crippen molar-refractivity contribution in [3.05, 3.63) is 48.3 Å². The fraction of sp³-hybridized carbons (Fsp3) is 0.550. The van der Waals surface area contributed by atoms with E-state index < -0.39 is 0 Å². The monoisotopic (exact) mass is 329 g/mol. The molecule has 0 amide bonds. The number of rotatable bonds is 8. The normalized spacial score (nSPS) is 17.5. The van der Waals surface area contributed by atoms with Crippen molar-refractivity contribution >= 4 is 0 Å². The first-order valence-electron chi connectivity index (χ1n) is 9.19. The van der Waals surface area contributed by atoms with Crippen LogP contribution in [0.15, 0.2) is 36.7 Å². The molecular formula is C20H28FN3. The highest BCUT2D eigenvalue weighted by Gasteiger charge is 2.32. The van der Waals surface area contributed by atoms with Gasteiger partial charge in [-0.15, -0.1) is 0 Å². The zero-order valence-corrected chi connectivity index (χ0v) is 14.5. The lowest BCUT2D eigenvalue weighted by molar-refractivity contribution is 0.222. The van der Waals surface area contributed by atoms with Crippen LogP contribution in [0.1, 0.15) is 70.0 Å². The quantitative estimate of drug-likeness (QED) is 0.745. The van der Waals surface area contributed by atoms with Crippen molar-refractivity contribution in [2.24, 2.45) is 5.73 Å². The number of nitrogens with zero attached hydrogens (tertiary/aromatic N) is 2. The zero-order valence-electron chi connectivity index (χ0n) is 14.5. The van der Waals surface area contributed by atoms with Crippen LogP contribution in [0.5, 0.6) is 0 Å². The molecule has 130 valence electrons. The average Bonchev–Trinajstić information content (AvgIpc) is 3.02. The lowest BCUT2D eigenvalue weighted by Crippen LogP contribution is -2.46. The molecule has 2 aromatic rings. The summed E-state index contributed by atoms with van der Waals surface area (Å²) < 4.78 is 15.3. The van der Waals surface area contributed by atoms with E-state index in [1.165, 1.54) is 31.4 Å². The van der Waals surface area contributed by atoms with Gasteiger partial charge in [0.05, 0.1) is 0 Å². The summed E-state index contributed by atoms with van der Waals surface area (Å²) in [6, 6.07) is 6.63. The minimum Gasteiger partial charge on any atom is -0.325 e. The Kier molecular flexibility index (Phi) is 5.34. The highest BCUT2D eigenvalue weighted by molar-refractivity contribution is 5.34. The van der Waals surface area contributed by atoms with E-state index in [9.17, 15) is 4.39 Å². The third-order valence-corrected chi connectivity index (χ3v) is 5.35. The van der Waals surface area contributed by atoms with Crippen molar-refractivity contribution in [2.75, 3.05) is 0 Å². The molecule has 1 aliphatic rings. The molecule has 1 saturated carbocycles. The Hall–Kier alpha value is -1.68. The lowest BCUT2D eigenvalue weighted by atomic mass is 9.74. The summed E-state index contributed by atoms with van der Waals surface area (Å²) in [5.41, 5.74) is 7.43. The molecule has 1 atom stereocenters. The van der Waals surface area contributed by atoms with Crippen LogP contribution >= 0.6 is 0 Å². The Balaban J connectivity index is 1.71. The molecule has 0 bridgehead atoms. The summed E-state index contributed by atoms with van der Waals surface area (Å²) in [6.07, 6.45) is 13.1. The lowest BCUT2D eigenvalue weighted by Gasteiger charge is -2.38. The predicted molar refractivity (Wildman–Crippen MR) is 95.8 cm³/mol. The van der Waals surface area contributed by atoms with Crippen molar-refractivity contribution in [3.8, 4) is 5.69 Å². The first kappa shape index (κ1) is 17.2. The second-order valence-corrected chi connectivity index (χ2v) is 7.23. The van der Waals surface area contributed by atoms with Gasteiger partial charge >= 0.3 is 0 Å². The number of imidazole rings is 1. The maximum Gasteiger partial charge on any atom is 0.123 e. The molecule has 0 spiro atoms. The molecule has 1 aliphatic carbocycles. The Labute approximate surface area is 144 Å². The van der Waals surface area contributed by atoms with E-state index in [-0.39, 0.29) is 11.4 Å². The summed E-state index contributed by atoms with van der Waals surface area (Å²) in [5, 5.41) is 0. The van der Waals surface area contributed by atoms with E-state index in [0.29, 0.717) is 5.92 Å². The van der Waals surface area contributed by atoms with Crippen LogP contribution in [0.2, 0.25) is 0 Å². The summed E-state index contributed by atoms with van der Waals surface area (Å²) in [5.74, 6) is 1.31. The minimum atomic E-state index is -0.209. The van der Waals surface area contributed by atoms with Crippen molar-refractivity contribution in [3.63, 3.8) is 0 Å². The molecule has 0 radical (unpaired) electrons. The molecule has 3 nitrogen and oxygen atoms in total. The molecule has 1 aromatic carbocycles. The first-order valence-corrected chi connectivity index (χ1v) is 9.19. The first-order chi connectivity index (χ1) is 11.6. The fourth-order valence-electron chi connectivity index (χ4n) is 3.77. The van der Waals surface area contributed by atoms with Crippen LogP contribution in [0.25, 0.3) is 5.69 Å². The molecule has 1 aromatic heterocycles. The average molecular weight is 329 g/mol. The van der Waals surface area contributed by atoms with E-state index in [2.05, 4.69) is 16.5 Å². The van der Waals surface area contributed by atoms with Gasteiger partial charge in [0.25, 0.3) is 0 Å². The predicted octanol–water partition coefficient (Wildman–Crippen LogP) is 4.95. The van der Waals surface area contributed by atoms with Gasteiger partial charge in [-0.1, -0.05) is 19.8 Å². The molecule has 1 unspecified atom stereocenters. The van der Waals surface area contributed by atoms with Crippen LogP contribution in [-0.2, 0) is 0 Å². The van der Waals surface area contributed by atoms with Gasteiger partial charge in [-0.3, -0.25) is 0 Å². The molecule has 1 fully saturated rings. The van der Waals surface area contributed by atoms with Gasteiger partial charge in [-0.05, 0) is 62.8 Å². The van der Waals surface area contributed by atoms with Crippen molar-refractivity contribution < 1.29 is 4.39 Å². The van der Waals surface area contributed by atoms with Crippen LogP contribution in [0.3, 0.4) is 0 Å². The molecular weight excluding hydrogens is 301 g/mol. The van der Waals surface area contributed by atoms with Crippen LogP contribution in [-0.4, -0.2) is 15.1 Å². The highest BCUT2D eigenvalue weighted by atomic mass is 19.1. The van der Waals surface area contributed by atoms with Gasteiger partial charge in [0.1, 0.15) is 11.6 Å². The van der Waals surface area contributed by atoms with Crippen molar-refractivity contribution in [1.82, 2.24) is 9.55 Å². The number of benzene rings is 1. The summed E-state index contributed by atoms with van der Waals surface area (Å²) in [7, 11) is 0. The maximum atomic E-state index is 13.2. The number of nitrogens with two attached hydrogens (primary N) is 1. The smallest absolute Gasteiger partial charge is 0.123 e. The Morgan fingerprint density at radius 2 is 2.00 bits per heavy atom. The molecule has 0 aliphatic heterocycles. The van der Waals surface area contributed by atoms with Crippen molar-refractivity contribution in [1.29, 1.82) is 0 Å². The Bertz CT molecular complexity index is 643. The van der Waals surface area contributed by atoms with Crippen LogP contribution in [0.4, 0.5) is 4.39 Å².